The lowest BCUT2D eigenvalue weighted by Gasteiger charge is -2.09. The maximum absolute atomic E-state index is 11.9. The number of hydrogen-bond acceptors (Lipinski definition) is 6. The summed E-state index contributed by atoms with van der Waals surface area (Å²) in [5.41, 5.74) is 0.641. The van der Waals surface area contributed by atoms with E-state index in [9.17, 15) is 9.59 Å². The number of rotatable bonds is 7. The summed E-state index contributed by atoms with van der Waals surface area (Å²) < 4.78 is 7.04. The van der Waals surface area contributed by atoms with Crippen LogP contribution >= 0.6 is 23.1 Å². The Morgan fingerprint density at radius 2 is 2.48 bits per heavy atom. The fraction of sp³-hybridized carbons (Fsp3) is 0.533. The van der Waals surface area contributed by atoms with E-state index < -0.39 is 0 Å². The van der Waals surface area contributed by atoms with Crippen LogP contribution in [0.15, 0.2) is 22.4 Å². The number of nitrogens with zero attached hydrogens (tertiary/aromatic N) is 2. The summed E-state index contributed by atoms with van der Waals surface area (Å²) in [7, 11) is 0. The number of carbonyl (C=O) groups excluding carboxylic acids is 1. The van der Waals surface area contributed by atoms with Gasteiger partial charge in [0.15, 0.2) is 4.96 Å². The number of carbonyl (C=O) groups is 1. The molecule has 1 aliphatic rings. The van der Waals surface area contributed by atoms with Gasteiger partial charge in [0.2, 0.25) is 5.91 Å². The minimum atomic E-state index is -0.0761. The molecule has 1 saturated heterocycles. The van der Waals surface area contributed by atoms with E-state index in [2.05, 4.69) is 10.3 Å². The number of amides is 1. The second kappa shape index (κ2) is 7.94. The number of thiazole rings is 1. The van der Waals surface area contributed by atoms with Crippen LogP contribution in [0.3, 0.4) is 0 Å². The molecule has 0 bridgehead atoms. The van der Waals surface area contributed by atoms with Gasteiger partial charge in [-0.1, -0.05) is 0 Å². The molecule has 0 radical (unpaired) electrons. The molecule has 1 atom stereocenters. The molecule has 124 valence electrons. The van der Waals surface area contributed by atoms with E-state index in [1.165, 1.54) is 33.6 Å². The zero-order valence-corrected chi connectivity index (χ0v) is 14.3. The predicted molar refractivity (Wildman–Crippen MR) is 92.1 cm³/mol. The van der Waals surface area contributed by atoms with Crippen LogP contribution in [-0.4, -0.2) is 40.3 Å². The molecule has 1 N–H and O–H groups in total. The van der Waals surface area contributed by atoms with Crippen molar-refractivity contribution in [1.29, 1.82) is 0 Å². The van der Waals surface area contributed by atoms with E-state index in [0.717, 1.165) is 31.6 Å². The molecule has 3 rings (SSSR count). The predicted octanol–water partition coefficient (Wildman–Crippen LogP) is 1.67. The van der Waals surface area contributed by atoms with E-state index in [1.807, 2.05) is 5.38 Å². The minimum Gasteiger partial charge on any atom is -0.378 e. The summed E-state index contributed by atoms with van der Waals surface area (Å²) >= 11 is 2.90. The molecule has 1 amide bonds. The summed E-state index contributed by atoms with van der Waals surface area (Å²) in [5.74, 6) is 0.946. The van der Waals surface area contributed by atoms with Gasteiger partial charge < -0.3 is 10.1 Å². The average molecular weight is 353 g/mol. The Kier molecular flexibility index (Phi) is 5.69. The lowest BCUT2D eigenvalue weighted by Crippen LogP contribution is -2.28. The van der Waals surface area contributed by atoms with Gasteiger partial charge in [0.1, 0.15) is 0 Å². The van der Waals surface area contributed by atoms with Crippen molar-refractivity contribution in [2.45, 2.75) is 31.1 Å². The monoisotopic (exact) mass is 353 g/mol. The number of hydrogen-bond donors (Lipinski definition) is 1. The Balaban J connectivity index is 1.39. The highest BCUT2D eigenvalue weighted by molar-refractivity contribution is 7.99. The molecule has 1 unspecified atom stereocenters. The molecule has 2 aromatic heterocycles. The van der Waals surface area contributed by atoms with Crippen molar-refractivity contribution >= 4 is 34.0 Å². The third kappa shape index (κ3) is 4.55. The van der Waals surface area contributed by atoms with E-state index in [-0.39, 0.29) is 11.5 Å². The second-order valence-corrected chi connectivity index (χ2v) is 7.27. The normalized spacial score (nSPS) is 17.7. The summed E-state index contributed by atoms with van der Waals surface area (Å²) in [6.45, 7) is 1.50. The molecular weight excluding hydrogens is 334 g/mol. The van der Waals surface area contributed by atoms with Crippen molar-refractivity contribution in [3.8, 4) is 0 Å². The Labute approximate surface area is 142 Å². The Morgan fingerprint density at radius 1 is 1.57 bits per heavy atom. The van der Waals surface area contributed by atoms with Crippen LogP contribution < -0.4 is 10.9 Å². The summed E-state index contributed by atoms with van der Waals surface area (Å²) in [6.07, 6.45) is 5.11. The van der Waals surface area contributed by atoms with E-state index in [4.69, 9.17) is 4.74 Å². The van der Waals surface area contributed by atoms with Crippen molar-refractivity contribution in [1.82, 2.24) is 14.7 Å². The Morgan fingerprint density at radius 3 is 3.30 bits per heavy atom. The molecule has 2 aromatic rings. The van der Waals surface area contributed by atoms with Gasteiger partial charge >= 0.3 is 0 Å². The van der Waals surface area contributed by atoms with Crippen molar-refractivity contribution in [2.24, 2.45) is 0 Å². The molecule has 8 heteroatoms. The second-order valence-electron chi connectivity index (χ2n) is 5.41. The summed E-state index contributed by atoms with van der Waals surface area (Å²) in [4.78, 5) is 28.8. The highest BCUT2D eigenvalue weighted by Gasteiger charge is 2.15. The van der Waals surface area contributed by atoms with E-state index >= 15 is 0 Å². The highest BCUT2D eigenvalue weighted by Crippen LogP contribution is 2.15. The molecule has 23 heavy (non-hydrogen) atoms. The number of nitrogens with one attached hydrogen (secondary N) is 1. The van der Waals surface area contributed by atoms with Gasteiger partial charge in [0.25, 0.3) is 5.56 Å². The lowest BCUT2D eigenvalue weighted by atomic mass is 10.2. The molecule has 1 aliphatic heterocycles. The van der Waals surface area contributed by atoms with E-state index in [1.54, 1.807) is 6.20 Å². The first-order valence-electron chi connectivity index (χ1n) is 7.64. The molecule has 3 heterocycles. The van der Waals surface area contributed by atoms with Crippen LogP contribution in [0.5, 0.6) is 0 Å². The fourth-order valence-electron chi connectivity index (χ4n) is 2.51. The highest BCUT2D eigenvalue weighted by atomic mass is 32.2. The maximum atomic E-state index is 11.9. The SMILES string of the molecule is O=C(CSCc1cc(=O)n2ccsc2n1)NCCC1CCCO1. The van der Waals surface area contributed by atoms with Gasteiger partial charge in [-0.3, -0.25) is 14.0 Å². The minimum absolute atomic E-state index is 0.0157. The van der Waals surface area contributed by atoms with Crippen molar-refractivity contribution < 1.29 is 9.53 Å². The van der Waals surface area contributed by atoms with Crippen molar-refractivity contribution in [3.63, 3.8) is 0 Å². The number of aromatic nitrogens is 2. The van der Waals surface area contributed by atoms with Crippen LogP contribution in [0.2, 0.25) is 0 Å². The zero-order valence-electron chi connectivity index (χ0n) is 12.7. The van der Waals surface area contributed by atoms with Gasteiger partial charge in [-0.2, -0.15) is 0 Å². The van der Waals surface area contributed by atoms with Gasteiger partial charge in [0, 0.05) is 36.5 Å². The third-order valence-electron chi connectivity index (χ3n) is 3.65. The summed E-state index contributed by atoms with van der Waals surface area (Å²) in [5, 5.41) is 4.74. The molecule has 0 aliphatic carbocycles. The standard InChI is InChI=1S/C15H19N3O3S2/c19-13(16-4-3-12-2-1-6-21-12)10-22-9-11-8-14(20)18-5-7-23-15(18)17-11/h5,7-8,12H,1-4,6,9-10H2,(H,16,19). The molecular formula is C15H19N3O3S2. The van der Waals surface area contributed by atoms with Gasteiger partial charge in [0.05, 0.1) is 17.6 Å². The quantitative estimate of drug-likeness (QED) is 0.820. The smallest absolute Gasteiger partial charge is 0.258 e. The van der Waals surface area contributed by atoms with Gasteiger partial charge in [-0.15, -0.1) is 23.1 Å². The fourth-order valence-corrected chi connectivity index (χ4v) is 3.99. The van der Waals surface area contributed by atoms with Crippen LogP contribution in [-0.2, 0) is 15.3 Å². The largest absolute Gasteiger partial charge is 0.378 e. The average Bonchev–Trinajstić information content (AvgIpc) is 3.18. The van der Waals surface area contributed by atoms with Gasteiger partial charge in [-0.25, -0.2) is 4.98 Å². The van der Waals surface area contributed by atoms with Crippen LogP contribution in [0.4, 0.5) is 0 Å². The number of ether oxygens (including phenoxy) is 1. The summed E-state index contributed by atoms with van der Waals surface area (Å²) in [6, 6.07) is 1.53. The Hall–Kier alpha value is -1.38. The molecule has 0 spiro atoms. The molecule has 6 nitrogen and oxygen atoms in total. The lowest BCUT2D eigenvalue weighted by molar-refractivity contribution is -0.118. The van der Waals surface area contributed by atoms with Crippen molar-refractivity contribution in [3.05, 3.63) is 33.7 Å². The first-order chi connectivity index (χ1) is 11.2. The first-order valence-corrected chi connectivity index (χ1v) is 9.67. The zero-order chi connectivity index (χ0) is 16.1. The molecule has 0 saturated carbocycles. The van der Waals surface area contributed by atoms with E-state index in [0.29, 0.717) is 29.1 Å². The topological polar surface area (TPSA) is 72.7 Å². The van der Waals surface area contributed by atoms with Crippen LogP contribution in [0.1, 0.15) is 25.0 Å². The van der Waals surface area contributed by atoms with Crippen LogP contribution in [0.25, 0.3) is 4.96 Å². The van der Waals surface area contributed by atoms with Crippen LogP contribution in [0, 0.1) is 0 Å². The number of thioether (sulfide) groups is 1. The van der Waals surface area contributed by atoms with Crippen molar-refractivity contribution in [2.75, 3.05) is 18.9 Å². The first kappa shape index (κ1) is 16.5. The Bertz CT molecular complexity index is 722. The van der Waals surface area contributed by atoms with Gasteiger partial charge in [-0.05, 0) is 19.3 Å². The molecule has 0 aromatic carbocycles. The number of fused-ring (bicyclic) bond motifs is 1. The third-order valence-corrected chi connectivity index (χ3v) is 5.37. The maximum Gasteiger partial charge on any atom is 0.258 e. The molecule has 1 fully saturated rings.